The van der Waals surface area contributed by atoms with Crippen LogP contribution in [0.5, 0.6) is 0 Å². The van der Waals surface area contributed by atoms with Gasteiger partial charge in [0.1, 0.15) is 0 Å². The molecule has 0 aromatic rings. The fourth-order valence-electron chi connectivity index (χ4n) is 0.391. The predicted molar refractivity (Wildman–Crippen MR) is 54.9 cm³/mol. The van der Waals surface area contributed by atoms with Crippen molar-refractivity contribution in [3.05, 3.63) is 0 Å². The summed E-state index contributed by atoms with van der Waals surface area (Å²) in [5, 5.41) is 0.497. The lowest BCUT2D eigenvalue weighted by molar-refractivity contribution is -0.126. The van der Waals surface area contributed by atoms with Gasteiger partial charge < -0.3 is 0 Å². The molecule has 0 saturated carbocycles. The summed E-state index contributed by atoms with van der Waals surface area (Å²) in [4.78, 5) is 11.4. The van der Waals surface area contributed by atoms with Gasteiger partial charge in [-0.3, -0.25) is 9.52 Å². The zero-order valence-corrected chi connectivity index (χ0v) is 9.42. The van der Waals surface area contributed by atoms with E-state index in [0.29, 0.717) is 5.25 Å². The highest BCUT2D eigenvalue weighted by atomic mass is 32.2. The van der Waals surface area contributed by atoms with Crippen LogP contribution < -0.4 is 4.72 Å². The molecule has 72 valence electrons. The van der Waals surface area contributed by atoms with E-state index < -0.39 is 0 Å². The first-order valence-electron chi connectivity index (χ1n) is 4.34. The molecule has 12 heavy (non-hydrogen) atoms. The van der Waals surface area contributed by atoms with Crippen LogP contribution in [-0.4, -0.2) is 11.2 Å². The van der Waals surface area contributed by atoms with Crippen LogP contribution in [0.3, 0.4) is 0 Å². The Morgan fingerprint density at radius 1 is 1.50 bits per heavy atom. The number of carbonyl (C=O) groups excluding carboxylic acids is 1. The summed E-state index contributed by atoms with van der Waals surface area (Å²) in [6.07, 6.45) is 1.08. The van der Waals surface area contributed by atoms with Crippen molar-refractivity contribution in [2.24, 2.45) is 5.41 Å². The second-order valence-corrected chi connectivity index (χ2v) is 5.26. The summed E-state index contributed by atoms with van der Waals surface area (Å²) in [6.45, 7) is 9.97. The normalized spacial score (nSPS) is 14.1. The van der Waals surface area contributed by atoms with E-state index in [2.05, 4.69) is 18.6 Å². The molecule has 0 rings (SSSR count). The third-order valence-corrected chi connectivity index (χ3v) is 2.65. The number of hydrogen-bond donors (Lipinski definition) is 1. The van der Waals surface area contributed by atoms with E-state index in [-0.39, 0.29) is 11.3 Å². The van der Waals surface area contributed by atoms with Crippen LogP contribution in [0.1, 0.15) is 41.0 Å². The minimum atomic E-state index is -0.277. The van der Waals surface area contributed by atoms with Gasteiger partial charge in [0.25, 0.3) is 0 Å². The van der Waals surface area contributed by atoms with Gasteiger partial charge in [-0.05, 0) is 18.4 Å². The first-order chi connectivity index (χ1) is 5.38. The van der Waals surface area contributed by atoms with Crippen LogP contribution in [0, 0.1) is 5.41 Å². The molecule has 0 bridgehead atoms. The maximum atomic E-state index is 11.4. The Balaban J connectivity index is 3.73. The standard InChI is InChI=1S/C9H19NOS/c1-6-7(2)12-10-8(11)9(3,4)5/h7H,6H2,1-5H3,(H,10,11). The average molecular weight is 189 g/mol. The zero-order valence-electron chi connectivity index (χ0n) is 8.60. The lowest BCUT2D eigenvalue weighted by atomic mass is 9.96. The average Bonchev–Trinajstić information content (AvgIpc) is 1.97. The first-order valence-corrected chi connectivity index (χ1v) is 5.22. The van der Waals surface area contributed by atoms with Gasteiger partial charge in [0.2, 0.25) is 5.91 Å². The van der Waals surface area contributed by atoms with E-state index in [4.69, 9.17) is 0 Å². The predicted octanol–water partition coefficient (Wildman–Crippen LogP) is 2.60. The monoisotopic (exact) mass is 189 g/mol. The maximum absolute atomic E-state index is 11.4. The van der Waals surface area contributed by atoms with Gasteiger partial charge in [-0.15, -0.1) is 0 Å². The van der Waals surface area contributed by atoms with Crippen LogP contribution >= 0.6 is 11.9 Å². The molecule has 0 aromatic heterocycles. The van der Waals surface area contributed by atoms with Crippen molar-refractivity contribution < 1.29 is 4.79 Å². The molecule has 1 unspecified atom stereocenters. The van der Waals surface area contributed by atoms with Gasteiger partial charge in [0, 0.05) is 10.7 Å². The van der Waals surface area contributed by atoms with Crippen molar-refractivity contribution in [3.63, 3.8) is 0 Å². The molecule has 0 spiro atoms. The van der Waals surface area contributed by atoms with E-state index in [9.17, 15) is 4.79 Å². The van der Waals surface area contributed by atoms with Crippen molar-refractivity contribution in [1.82, 2.24) is 4.72 Å². The lowest BCUT2D eigenvalue weighted by Gasteiger charge is -2.18. The molecule has 0 aliphatic heterocycles. The van der Waals surface area contributed by atoms with E-state index in [1.807, 2.05) is 20.8 Å². The summed E-state index contributed by atoms with van der Waals surface area (Å²) < 4.78 is 2.85. The van der Waals surface area contributed by atoms with E-state index in [1.54, 1.807) is 0 Å². The Hall–Kier alpha value is -0.180. The minimum Gasteiger partial charge on any atom is -0.299 e. The highest BCUT2D eigenvalue weighted by molar-refractivity contribution is 7.98. The molecule has 0 radical (unpaired) electrons. The highest BCUT2D eigenvalue weighted by Gasteiger charge is 2.21. The Labute approximate surface area is 79.6 Å². The SMILES string of the molecule is CCC(C)SNC(=O)C(C)(C)C. The second kappa shape index (κ2) is 4.75. The van der Waals surface area contributed by atoms with Gasteiger partial charge in [0.05, 0.1) is 0 Å². The number of carbonyl (C=O) groups is 1. The van der Waals surface area contributed by atoms with Crippen molar-refractivity contribution in [2.45, 2.75) is 46.3 Å². The fraction of sp³-hybridized carbons (Fsp3) is 0.889. The van der Waals surface area contributed by atoms with Crippen molar-refractivity contribution in [2.75, 3.05) is 0 Å². The molecule has 0 saturated heterocycles. The number of hydrogen-bond acceptors (Lipinski definition) is 2. The summed E-state index contributed by atoms with van der Waals surface area (Å²) in [5.74, 6) is 0.104. The lowest BCUT2D eigenvalue weighted by Crippen LogP contribution is -2.31. The zero-order chi connectivity index (χ0) is 9.78. The van der Waals surface area contributed by atoms with E-state index in [1.165, 1.54) is 11.9 Å². The molecule has 0 aliphatic rings. The topological polar surface area (TPSA) is 29.1 Å². The minimum absolute atomic E-state index is 0.104. The van der Waals surface area contributed by atoms with Gasteiger partial charge in [-0.1, -0.05) is 34.6 Å². The van der Waals surface area contributed by atoms with E-state index >= 15 is 0 Å². The first kappa shape index (κ1) is 11.8. The Bertz CT molecular complexity index is 151. The third-order valence-electron chi connectivity index (χ3n) is 1.61. The van der Waals surface area contributed by atoms with Crippen molar-refractivity contribution >= 4 is 17.9 Å². The van der Waals surface area contributed by atoms with Gasteiger partial charge in [-0.2, -0.15) is 0 Å². The van der Waals surface area contributed by atoms with Gasteiger partial charge in [0.15, 0.2) is 0 Å². The number of rotatable bonds is 3. The second-order valence-electron chi connectivity index (χ2n) is 4.02. The van der Waals surface area contributed by atoms with Crippen molar-refractivity contribution in [3.8, 4) is 0 Å². The van der Waals surface area contributed by atoms with Crippen molar-refractivity contribution in [1.29, 1.82) is 0 Å². The molecule has 0 fully saturated rings. The molecule has 0 aromatic carbocycles. The number of nitrogens with one attached hydrogen (secondary N) is 1. The molecular formula is C9H19NOS. The van der Waals surface area contributed by atoms with Crippen LogP contribution in [0.2, 0.25) is 0 Å². The van der Waals surface area contributed by atoms with Crippen LogP contribution in [0.15, 0.2) is 0 Å². The molecule has 1 atom stereocenters. The Morgan fingerprint density at radius 2 is 2.00 bits per heavy atom. The fourth-order valence-corrected chi connectivity index (χ4v) is 1.17. The molecular weight excluding hydrogens is 170 g/mol. The summed E-state index contributed by atoms with van der Waals surface area (Å²) in [7, 11) is 0. The smallest absolute Gasteiger partial charge is 0.235 e. The molecule has 1 N–H and O–H groups in total. The summed E-state index contributed by atoms with van der Waals surface area (Å²) >= 11 is 1.51. The Kier molecular flexibility index (Phi) is 4.68. The molecule has 0 aliphatic carbocycles. The quantitative estimate of drug-likeness (QED) is 0.691. The third kappa shape index (κ3) is 4.65. The molecule has 2 nitrogen and oxygen atoms in total. The van der Waals surface area contributed by atoms with Gasteiger partial charge in [-0.25, -0.2) is 0 Å². The Morgan fingerprint density at radius 3 is 2.33 bits per heavy atom. The van der Waals surface area contributed by atoms with Crippen LogP contribution in [0.25, 0.3) is 0 Å². The summed E-state index contributed by atoms with van der Waals surface area (Å²) in [5.41, 5.74) is -0.277. The van der Waals surface area contributed by atoms with Crippen LogP contribution in [0.4, 0.5) is 0 Å². The molecule has 0 heterocycles. The molecule has 3 heteroatoms. The highest BCUT2D eigenvalue weighted by Crippen LogP contribution is 2.16. The van der Waals surface area contributed by atoms with E-state index in [0.717, 1.165) is 6.42 Å². The largest absolute Gasteiger partial charge is 0.299 e. The number of amides is 1. The maximum Gasteiger partial charge on any atom is 0.235 e. The van der Waals surface area contributed by atoms with Crippen LogP contribution in [-0.2, 0) is 4.79 Å². The van der Waals surface area contributed by atoms with Gasteiger partial charge >= 0.3 is 0 Å². The summed E-state index contributed by atoms with van der Waals surface area (Å²) in [6, 6.07) is 0. The molecule has 1 amide bonds.